The minimum atomic E-state index is -4.39. The number of halogens is 3. The van der Waals surface area contributed by atoms with E-state index < -0.39 is 17.3 Å². The van der Waals surface area contributed by atoms with E-state index in [0.717, 1.165) is 11.6 Å². The van der Waals surface area contributed by atoms with Gasteiger partial charge in [-0.05, 0) is 50.5 Å². The van der Waals surface area contributed by atoms with Gasteiger partial charge in [-0.3, -0.25) is 14.8 Å². The third kappa shape index (κ3) is 4.52. The predicted molar refractivity (Wildman–Crippen MR) is 122 cm³/mol. The number of methoxy groups -OCH3 is 1. The Labute approximate surface area is 199 Å². The quantitative estimate of drug-likeness (QED) is 0.635. The second-order valence-electron chi connectivity index (χ2n) is 9.03. The van der Waals surface area contributed by atoms with E-state index in [4.69, 9.17) is 9.47 Å². The second kappa shape index (κ2) is 8.51. The number of hydrogen-bond acceptors (Lipinski definition) is 7. The Morgan fingerprint density at radius 3 is 2.49 bits per heavy atom. The molecule has 0 bridgehead atoms. The molecular formula is C25H23F3N4O3. The number of aliphatic imine (C=N–C) groups is 1. The molecule has 3 heterocycles. The summed E-state index contributed by atoms with van der Waals surface area (Å²) in [6.07, 6.45) is 2.53. The number of ether oxygens (including phenoxy) is 2. The van der Waals surface area contributed by atoms with E-state index in [-0.39, 0.29) is 24.4 Å². The maximum absolute atomic E-state index is 13.1. The summed E-state index contributed by atoms with van der Waals surface area (Å²) in [6, 6.07) is 7.22. The number of esters is 1. The van der Waals surface area contributed by atoms with Crippen LogP contribution in [0.25, 0.3) is 11.3 Å². The summed E-state index contributed by atoms with van der Waals surface area (Å²) in [5, 5.41) is 3.03. The highest BCUT2D eigenvalue weighted by Gasteiger charge is 2.42. The second-order valence-corrected chi connectivity index (χ2v) is 9.03. The van der Waals surface area contributed by atoms with Crippen LogP contribution in [0.2, 0.25) is 0 Å². The summed E-state index contributed by atoms with van der Waals surface area (Å²) < 4.78 is 49.8. The van der Waals surface area contributed by atoms with Crippen molar-refractivity contribution in [1.29, 1.82) is 0 Å². The number of hydrogen-bond donors (Lipinski definition) is 1. The SMILES string of the molecule is COC(=O)C1CC(Oc2ccc(-c3ccc(C4=NC5(C)CC=C(C(F)(F)F)C=C5N4)cn3)cn2)C1. The molecule has 7 nitrogen and oxygen atoms in total. The first-order chi connectivity index (χ1) is 16.6. The van der Waals surface area contributed by atoms with E-state index in [1.165, 1.54) is 13.2 Å². The zero-order valence-corrected chi connectivity index (χ0v) is 19.1. The highest BCUT2D eigenvalue weighted by molar-refractivity contribution is 6.02. The number of nitrogens with zero attached hydrogens (tertiary/aromatic N) is 3. The molecule has 182 valence electrons. The summed E-state index contributed by atoms with van der Waals surface area (Å²) in [4.78, 5) is 24.9. The normalized spacial score (nSPS) is 25.3. The standard InChI is InChI=1S/C25H23F3N4O3/c1-24-8-7-17(25(26,27)28)11-20(24)31-22(32-24)15-3-5-19(29-13-15)14-4-6-21(30-12-14)35-18-9-16(10-18)23(33)34-2/h3-7,11-13,16,18H,8-10H2,1-2H3,(H,31,32). The van der Waals surface area contributed by atoms with Gasteiger partial charge in [-0.2, -0.15) is 13.2 Å². The van der Waals surface area contributed by atoms with Gasteiger partial charge >= 0.3 is 12.1 Å². The van der Waals surface area contributed by atoms with Crippen molar-refractivity contribution in [1.82, 2.24) is 15.3 Å². The number of carbonyl (C=O) groups is 1. The largest absolute Gasteiger partial charge is 0.474 e. The summed E-state index contributed by atoms with van der Waals surface area (Å²) in [6.45, 7) is 1.80. The van der Waals surface area contributed by atoms with Crippen LogP contribution in [0.15, 0.2) is 65.1 Å². The molecule has 1 fully saturated rings. The molecule has 0 amide bonds. The average Bonchev–Trinajstić information content (AvgIpc) is 3.17. The first-order valence-electron chi connectivity index (χ1n) is 11.2. The number of allylic oxidation sites excluding steroid dienone is 2. The Hall–Kier alpha value is -3.69. The van der Waals surface area contributed by atoms with Crippen molar-refractivity contribution in [2.75, 3.05) is 7.11 Å². The number of nitrogens with one attached hydrogen (secondary N) is 1. The van der Waals surface area contributed by atoms with Crippen molar-refractivity contribution in [3.8, 4) is 17.1 Å². The molecule has 1 atom stereocenters. The van der Waals surface area contributed by atoms with Crippen molar-refractivity contribution in [2.24, 2.45) is 10.9 Å². The fraction of sp³-hybridized carbons (Fsp3) is 0.360. The minimum absolute atomic E-state index is 0.0578. The molecule has 1 N–H and O–H groups in total. The Morgan fingerprint density at radius 2 is 1.86 bits per heavy atom. The number of alkyl halides is 3. The van der Waals surface area contributed by atoms with Gasteiger partial charge < -0.3 is 14.8 Å². The Bertz CT molecular complexity index is 1230. The Kier molecular flexibility index (Phi) is 5.61. The van der Waals surface area contributed by atoms with Crippen LogP contribution < -0.4 is 10.1 Å². The van der Waals surface area contributed by atoms with Crippen LogP contribution in [-0.4, -0.2) is 46.7 Å². The topological polar surface area (TPSA) is 85.7 Å². The van der Waals surface area contributed by atoms with Gasteiger partial charge in [0.25, 0.3) is 0 Å². The molecular weight excluding hydrogens is 461 g/mol. The molecule has 2 aromatic heterocycles. The fourth-order valence-electron chi connectivity index (χ4n) is 4.30. The molecule has 3 aliphatic rings. The molecule has 10 heteroatoms. The lowest BCUT2D eigenvalue weighted by atomic mass is 9.82. The van der Waals surface area contributed by atoms with Gasteiger partial charge in [0.2, 0.25) is 5.88 Å². The minimum Gasteiger partial charge on any atom is -0.474 e. The monoisotopic (exact) mass is 484 g/mol. The molecule has 0 spiro atoms. The Morgan fingerprint density at radius 1 is 1.11 bits per heavy atom. The van der Waals surface area contributed by atoms with Gasteiger partial charge in [0, 0.05) is 35.3 Å². The van der Waals surface area contributed by atoms with Gasteiger partial charge in [0.15, 0.2) is 0 Å². The van der Waals surface area contributed by atoms with Crippen molar-refractivity contribution < 1.29 is 27.4 Å². The Balaban J connectivity index is 1.23. The smallest absolute Gasteiger partial charge is 0.416 e. The van der Waals surface area contributed by atoms with Crippen molar-refractivity contribution in [3.05, 3.63) is 65.6 Å². The molecule has 1 unspecified atom stereocenters. The highest BCUT2D eigenvalue weighted by Crippen LogP contribution is 2.39. The van der Waals surface area contributed by atoms with E-state index in [2.05, 4.69) is 20.3 Å². The van der Waals surface area contributed by atoms with Gasteiger partial charge in [-0.1, -0.05) is 6.08 Å². The van der Waals surface area contributed by atoms with E-state index in [0.29, 0.717) is 41.5 Å². The van der Waals surface area contributed by atoms with Gasteiger partial charge in [-0.15, -0.1) is 0 Å². The van der Waals surface area contributed by atoms with Crippen molar-refractivity contribution >= 4 is 11.8 Å². The van der Waals surface area contributed by atoms with Crippen molar-refractivity contribution in [3.63, 3.8) is 0 Å². The van der Waals surface area contributed by atoms with Gasteiger partial charge in [0.1, 0.15) is 17.5 Å². The van der Waals surface area contributed by atoms with Gasteiger partial charge in [0.05, 0.1) is 24.3 Å². The summed E-state index contributed by atoms with van der Waals surface area (Å²) in [7, 11) is 1.38. The first-order valence-corrected chi connectivity index (χ1v) is 11.2. The predicted octanol–water partition coefficient (Wildman–Crippen LogP) is 4.36. The number of amidine groups is 1. The van der Waals surface area contributed by atoms with Gasteiger partial charge in [-0.25, -0.2) is 4.98 Å². The molecule has 2 aliphatic carbocycles. The van der Waals surface area contributed by atoms with Crippen LogP contribution in [0.4, 0.5) is 13.2 Å². The number of aromatic nitrogens is 2. The van der Waals surface area contributed by atoms with Crippen LogP contribution in [0.1, 0.15) is 31.7 Å². The first kappa shape index (κ1) is 23.1. The molecule has 1 saturated carbocycles. The third-order valence-electron chi connectivity index (χ3n) is 6.52. The third-order valence-corrected chi connectivity index (χ3v) is 6.52. The lowest BCUT2D eigenvalue weighted by Gasteiger charge is -2.32. The average molecular weight is 484 g/mol. The fourth-order valence-corrected chi connectivity index (χ4v) is 4.30. The molecule has 5 rings (SSSR count). The zero-order valence-electron chi connectivity index (χ0n) is 19.1. The molecule has 0 radical (unpaired) electrons. The van der Waals surface area contributed by atoms with Crippen LogP contribution in [-0.2, 0) is 9.53 Å². The number of rotatable bonds is 5. The van der Waals surface area contributed by atoms with E-state index in [9.17, 15) is 18.0 Å². The maximum Gasteiger partial charge on any atom is 0.416 e. The van der Waals surface area contributed by atoms with Crippen LogP contribution in [0.5, 0.6) is 5.88 Å². The lowest BCUT2D eigenvalue weighted by molar-refractivity contribution is -0.151. The maximum atomic E-state index is 13.1. The van der Waals surface area contributed by atoms with Crippen LogP contribution in [0, 0.1) is 5.92 Å². The summed E-state index contributed by atoms with van der Waals surface area (Å²) in [5.41, 5.74) is 1.16. The zero-order chi connectivity index (χ0) is 24.8. The van der Waals surface area contributed by atoms with Crippen LogP contribution in [0.3, 0.4) is 0 Å². The van der Waals surface area contributed by atoms with E-state index in [1.54, 1.807) is 25.4 Å². The van der Waals surface area contributed by atoms with Crippen LogP contribution >= 0.6 is 0 Å². The number of carbonyl (C=O) groups excluding carboxylic acids is 1. The molecule has 2 aromatic rings. The molecule has 1 aliphatic heterocycles. The number of pyridine rings is 2. The van der Waals surface area contributed by atoms with E-state index in [1.807, 2.05) is 18.2 Å². The van der Waals surface area contributed by atoms with E-state index >= 15 is 0 Å². The van der Waals surface area contributed by atoms with Crippen molar-refractivity contribution in [2.45, 2.75) is 44.0 Å². The summed E-state index contributed by atoms with van der Waals surface area (Å²) in [5.74, 6) is 0.631. The summed E-state index contributed by atoms with van der Waals surface area (Å²) >= 11 is 0. The lowest BCUT2D eigenvalue weighted by Crippen LogP contribution is -2.38. The molecule has 0 aromatic carbocycles. The highest BCUT2D eigenvalue weighted by atomic mass is 19.4. The number of fused-ring (bicyclic) bond motifs is 1. The molecule has 0 saturated heterocycles. The molecule has 35 heavy (non-hydrogen) atoms.